The van der Waals surface area contributed by atoms with Crippen LogP contribution >= 0.6 is 0 Å². The van der Waals surface area contributed by atoms with Crippen LogP contribution in [0.25, 0.3) is 0 Å². The molecule has 1 unspecified atom stereocenters. The molecule has 13 heavy (non-hydrogen) atoms. The summed E-state index contributed by atoms with van der Waals surface area (Å²) in [5.41, 5.74) is 5.72. The molecule has 1 rings (SSSR count). The summed E-state index contributed by atoms with van der Waals surface area (Å²) in [6.45, 7) is 3.89. The molecule has 0 saturated carbocycles. The molecule has 0 bridgehead atoms. The summed E-state index contributed by atoms with van der Waals surface area (Å²) in [5, 5.41) is 0. The molecular formula is C10H22N2O. The number of methoxy groups -OCH3 is 1. The second kappa shape index (κ2) is 6.35. The van der Waals surface area contributed by atoms with Gasteiger partial charge in [0, 0.05) is 19.7 Å². The fourth-order valence-electron chi connectivity index (χ4n) is 1.98. The van der Waals surface area contributed by atoms with Crippen molar-refractivity contribution in [1.29, 1.82) is 0 Å². The highest BCUT2D eigenvalue weighted by atomic mass is 16.5. The molecule has 3 nitrogen and oxygen atoms in total. The van der Waals surface area contributed by atoms with E-state index < -0.39 is 0 Å². The largest absolute Gasteiger partial charge is 0.383 e. The molecule has 0 aromatic heterocycles. The van der Waals surface area contributed by atoms with Crippen molar-refractivity contribution in [2.75, 3.05) is 33.4 Å². The average Bonchev–Trinajstić information content (AvgIpc) is 2.42. The van der Waals surface area contributed by atoms with E-state index in [0.717, 1.165) is 6.61 Å². The van der Waals surface area contributed by atoms with Crippen LogP contribution in [0, 0.1) is 0 Å². The Kier molecular flexibility index (Phi) is 5.35. The highest BCUT2D eigenvalue weighted by Crippen LogP contribution is 2.12. The van der Waals surface area contributed by atoms with Crippen LogP contribution in [0.15, 0.2) is 0 Å². The molecule has 1 saturated heterocycles. The number of hydrogen-bond donors (Lipinski definition) is 1. The third kappa shape index (κ3) is 3.63. The minimum Gasteiger partial charge on any atom is -0.383 e. The van der Waals surface area contributed by atoms with Gasteiger partial charge in [0.05, 0.1) is 6.61 Å². The normalized spacial score (nSPS) is 22.6. The molecule has 0 aromatic carbocycles. The topological polar surface area (TPSA) is 38.5 Å². The second-order valence-corrected chi connectivity index (χ2v) is 3.80. The highest BCUT2D eigenvalue weighted by Gasteiger charge is 2.17. The van der Waals surface area contributed by atoms with Crippen LogP contribution in [0.4, 0.5) is 0 Å². The summed E-state index contributed by atoms with van der Waals surface area (Å²) in [5.74, 6) is 0. The molecule has 0 amide bonds. The molecule has 2 N–H and O–H groups in total. The SMILES string of the molecule is COCC(CN)N1CCCCCC1. The fourth-order valence-corrected chi connectivity index (χ4v) is 1.98. The Balaban J connectivity index is 2.35. The maximum Gasteiger partial charge on any atom is 0.0630 e. The van der Waals surface area contributed by atoms with E-state index in [0.29, 0.717) is 12.6 Å². The van der Waals surface area contributed by atoms with Gasteiger partial charge in [-0.15, -0.1) is 0 Å². The van der Waals surface area contributed by atoms with Gasteiger partial charge in [-0.05, 0) is 25.9 Å². The van der Waals surface area contributed by atoms with Crippen molar-refractivity contribution in [3.8, 4) is 0 Å². The molecule has 1 aliphatic heterocycles. The molecule has 0 spiro atoms. The van der Waals surface area contributed by atoms with Gasteiger partial charge in [0.2, 0.25) is 0 Å². The van der Waals surface area contributed by atoms with Gasteiger partial charge < -0.3 is 10.5 Å². The Morgan fingerprint density at radius 1 is 1.23 bits per heavy atom. The first-order chi connectivity index (χ1) is 6.38. The number of likely N-dealkylation sites (tertiary alicyclic amines) is 1. The number of ether oxygens (including phenoxy) is 1. The van der Waals surface area contributed by atoms with Crippen LogP contribution in [0.2, 0.25) is 0 Å². The quantitative estimate of drug-likeness (QED) is 0.707. The van der Waals surface area contributed by atoms with Gasteiger partial charge in [-0.3, -0.25) is 4.90 Å². The van der Waals surface area contributed by atoms with Gasteiger partial charge in [0.25, 0.3) is 0 Å². The van der Waals surface area contributed by atoms with Crippen molar-refractivity contribution in [1.82, 2.24) is 4.90 Å². The minimum atomic E-state index is 0.433. The lowest BCUT2D eigenvalue weighted by molar-refractivity contribution is 0.0962. The second-order valence-electron chi connectivity index (χ2n) is 3.80. The predicted octanol–water partition coefficient (Wildman–Crippen LogP) is 0.836. The van der Waals surface area contributed by atoms with Gasteiger partial charge in [0.15, 0.2) is 0 Å². The van der Waals surface area contributed by atoms with Crippen LogP contribution in [0.3, 0.4) is 0 Å². The summed E-state index contributed by atoms with van der Waals surface area (Å²) >= 11 is 0. The average molecular weight is 186 g/mol. The van der Waals surface area contributed by atoms with E-state index in [-0.39, 0.29) is 0 Å². The van der Waals surface area contributed by atoms with Crippen molar-refractivity contribution in [2.24, 2.45) is 5.73 Å². The molecule has 0 radical (unpaired) electrons. The number of hydrogen-bond acceptors (Lipinski definition) is 3. The number of nitrogens with zero attached hydrogens (tertiary/aromatic N) is 1. The Morgan fingerprint density at radius 3 is 2.31 bits per heavy atom. The lowest BCUT2D eigenvalue weighted by atomic mass is 10.2. The van der Waals surface area contributed by atoms with Crippen molar-refractivity contribution < 1.29 is 4.74 Å². The third-order valence-corrected chi connectivity index (χ3v) is 2.79. The van der Waals surface area contributed by atoms with Gasteiger partial charge in [-0.2, -0.15) is 0 Å². The van der Waals surface area contributed by atoms with Crippen LogP contribution < -0.4 is 5.73 Å². The Bertz CT molecular complexity index is 122. The Labute approximate surface area is 81.2 Å². The van der Waals surface area contributed by atoms with E-state index in [1.54, 1.807) is 7.11 Å². The monoisotopic (exact) mass is 186 g/mol. The maximum atomic E-state index is 5.72. The molecule has 1 fully saturated rings. The summed E-state index contributed by atoms with van der Waals surface area (Å²) in [7, 11) is 1.75. The first kappa shape index (κ1) is 11.0. The van der Waals surface area contributed by atoms with Gasteiger partial charge in [0.1, 0.15) is 0 Å². The Morgan fingerprint density at radius 2 is 1.85 bits per heavy atom. The molecule has 1 atom stereocenters. The van der Waals surface area contributed by atoms with E-state index in [2.05, 4.69) is 4.90 Å². The molecule has 0 aromatic rings. The lowest BCUT2D eigenvalue weighted by Crippen LogP contribution is -2.44. The Hall–Kier alpha value is -0.120. The predicted molar refractivity (Wildman–Crippen MR) is 54.8 cm³/mol. The minimum absolute atomic E-state index is 0.433. The van der Waals surface area contributed by atoms with Crippen LogP contribution in [-0.2, 0) is 4.74 Å². The zero-order valence-corrected chi connectivity index (χ0v) is 8.67. The zero-order chi connectivity index (χ0) is 9.52. The molecular weight excluding hydrogens is 164 g/mol. The van der Waals surface area contributed by atoms with Gasteiger partial charge >= 0.3 is 0 Å². The van der Waals surface area contributed by atoms with Crippen LogP contribution in [-0.4, -0.2) is 44.3 Å². The van der Waals surface area contributed by atoms with E-state index in [9.17, 15) is 0 Å². The van der Waals surface area contributed by atoms with Crippen molar-refractivity contribution in [3.05, 3.63) is 0 Å². The van der Waals surface area contributed by atoms with Crippen molar-refractivity contribution in [2.45, 2.75) is 31.7 Å². The van der Waals surface area contributed by atoms with E-state index >= 15 is 0 Å². The summed E-state index contributed by atoms with van der Waals surface area (Å²) in [4.78, 5) is 2.48. The maximum absolute atomic E-state index is 5.72. The standard InChI is InChI=1S/C10H22N2O/c1-13-9-10(8-11)12-6-4-2-3-5-7-12/h10H,2-9,11H2,1H3. The van der Waals surface area contributed by atoms with Crippen molar-refractivity contribution >= 4 is 0 Å². The first-order valence-corrected chi connectivity index (χ1v) is 5.31. The smallest absolute Gasteiger partial charge is 0.0630 e. The summed E-state index contributed by atoms with van der Waals surface area (Å²) < 4.78 is 5.17. The number of rotatable bonds is 4. The molecule has 0 aliphatic carbocycles. The zero-order valence-electron chi connectivity index (χ0n) is 8.67. The van der Waals surface area contributed by atoms with E-state index in [1.807, 2.05) is 0 Å². The number of nitrogens with two attached hydrogens (primary N) is 1. The summed E-state index contributed by atoms with van der Waals surface area (Å²) in [6, 6.07) is 0.433. The molecule has 1 heterocycles. The third-order valence-electron chi connectivity index (χ3n) is 2.79. The van der Waals surface area contributed by atoms with Crippen LogP contribution in [0.1, 0.15) is 25.7 Å². The molecule has 3 heteroatoms. The molecule has 78 valence electrons. The van der Waals surface area contributed by atoms with E-state index in [4.69, 9.17) is 10.5 Å². The highest BCUT2D eigenvalue weighted by molar-refractivity contribution is 4.74. The lowest BCUT2D eigenvalue weighted by Gasteiger charge is -2.28. The fraction of sp³-hybridized carbons (Fsp3) is 1.00. The van der Waals surface area contributed by atoms with Gasteiger partial charge in [-0.1, -0.05) is 12.8 Å². The summed E-state index contributed by atoms with van der Waals surface area (Å²) in [6.07, 6.45) is 5.39. The van der Waals surface area contributed by atoms with Crippen LogP contribution in [0.5, 0.6) is 0 Å². The molecule has 1 aliphatic rings. The van der Waals surface area contributed by atoms with Crippen molar-refractivity contribution in [3.63, 3.8) is 0 Å². The van der Waals surface area contributed by atoms with E-state index in [1.165, 1.54) is 38.8 Å². The first-order valence-electron chi connectivity index (χ1n) is 5.31. The van der Waals surface area contributed by atoms with Gasteiger partial charge in [-0.25, -0.2) is 0 Å².